The second kappa shape index (κ2) is 5.75. The molecule has 0 aliphatic rings. The van der Waals surface area contributed by atoms with E-state index < -0.39 is 0 Å². The van der Waals surface area contributed by atoms with Crippen LogP contribution in [0.2, 0.25) is 0 Å². The quantitative estimate of drug-likeness (QED) is 0.913. The van der Waals surface area contributed by atoms with E-state index in [1.807, 2.05) is 36.5 Å². The van der Waals surface area contributed by atoms with Crippen LogP contribution in [0.15, 0.2) is 18.3 Å². The molecule has 1 atom stereocenters. The highest BCUT2D eigenvalue weighted by atomic mass is 32.1. The second-order valence-corrected chi connectivity index (χ2v) is 6.37. The fourth-order valence-corrected chi connectivity index (χ4v) is 2.96. The number of anilines is 1. The topological polar surface area (TPSA) is 33.1 Å². The van der Waals surface area contributed by atoms with Gasteiger partial charge in [-0.25, -0.2) is 4.98 Å². The minimum Gasteiger partial charge on any atom is -0.348 e. The summed E-state index contributed by atoms with van der Waals surface area (Å²) < 4.78 is 2.12. The largest absolute Gasteiger partial charge is 0.348 e. The molecule has 0 saturated carbocycles. The molecule has 2 rings (SSSR count). The summed E-state index contributed by atoms with van der Waals surface area (Å²) in [6.45, 7) is 5.18. The average Bonchev–Trinajstić information content (AvgIpc) is 2.93. The number of aromatic nitrogens is 2. The Morgan fingerprint density at radius 3 is 2.68 bits per heavy atom. The number of rotatable bonds is 5. The maximum Gasteiger partial charge on any atom is 0.204 e. The van der Waals surface area contributed by atoms with Crippen LogP contribution in [0.1, 0.15) is 28.4 Å². The van der Waals surface area contributed by atoms with E-state index in [1.165, 1.54) is 15.4 Å². The van der Waals surface area contributed by atoms with Gasteiger partial charge in [-0.3, -0.25) is 0 Å². The zero-order chi connectivity index (χ0) is 14.0. The minimum absolute atomic E-state index is 0.372. The molecule has 0 fully saturated rings. The van der Waals surface area contributed by atoms with E-state index >= 15 is 0 Å². The lowest BCUT2D eigenvalue weighted by molar-refractivity contribution is 0.565. The Morgan fingerprint density at radius 2 is 2.16 bits per heavy atom. The van der Waals surface area contributed by atoms with Crippen molar-refractivity contribution in [3.05, 3.63) is 33.8 Å². The molecule has 1 N–H and O–H groups in total. The summed E-state index contributed by atoms with van der Waals surface area (Å²) in [4.78, 5) is 9.19. The molecule has 1 unspecified atom stereocenters. The van der Waals surface area contributed by atoms with Crippen LogP contribution in [0.5, 0.6) is 0 Å². The highest BCUT2D eigenvalue weighted by Crippen LogP contribution is 2.22. The Kier molecular flexibility index (Phi) is 4.27. The van der Waals surface area contributed by atoms with Crippen molar-refractivity contribution in [3.8, 4) is 0 Å². The Morgan fingerprint density at radius 1 is 1.42 bits per heavy atom. The van der Waals surface area contributed by atoms with Gasteiger partial charge in [0.15, 0.2) is 0 Å². The van der Waals surface area contributed by atoms with Crippen LogP contribution in [0.3, 0.4) is 0 Å². The molecule has 0 saturated heterocycles. The standard InChI is InChI=1S/C14H22N4S/c1-10-6-7-13(19-10)11(2)15-8-12-9-16-14(17(3)4)18(12)5/h6-7,9,11,15H,8H2,1-5H3. The molecule has 0 radical (unpaired) electrons. The Hall–Kier alpha value is -1.33. The van der Waals surface area contributed by atoms with Crippen LogP contribution in [-0.2, 0) is 13.6 Å². The summed E-state index contributed by atoms with van der Waals surface area (Å²) in [6, 6.07) is 4.75. The van der Waals surface area contributed by atoms with E-state index in [4.69, 9.17) is 0 Å². The van der Waals surface area contributed by atoms with Crippen molar-refractivity contribution in [2.75, 3.05) is 19.0 Å². The first-order valence-electron chi connectivity index (χ1n) is 6.46. The first-order valence-corrected chi connectivity index (χ1v) is 7.28. The number of hydrogen-bond acceptors (Lipinski definition) is 4. The van der Waals surface area contributed by atoms with E-state index in [1.54, 1.807) is 0 Å². The van der Waals surface area contributed by atoms with E-state index in [-0.39, 0.29) is 0 Å². The van der Waals surface area contributed by atoms with Gasteiger partial charge in [0.25, 0.3) is 0 Å². The van der Waals surface area contributed by atoms with Gasteiger partial charge in [-0.1, -0.05) is 0 Å². The fraction of sp³-hybridized carbons (Fsp3) is 0.500. The molecule has 2 aromatic heterocycles. The van der Waals surface area contributed by atoms with Gasteiger partial charge in [0.1, 0.15) is 0 Å². The van der Waals surface area contributed by atoms with Crippen molar-refractivity contribution >= 4 is 17.3 Å². The molecule has 0 amide bonds. The van der Waals surface area contributed by atoms with Gasteiger partial charge < -0.3 is 14.8 Å². The molecular formula is C14H22N4S. The molecule has 2 aromatic rings. The van der Waals surface area contributed by atoms with E-state index in [0.29, 0.717) is 6.04 Å². The van der Waals surface area contributed by atoms with Gasteiger partial charge in [0.05, 0.1) is 11.9 Å². The Bertz CT molecular complexity index is 541. The highest BCUT2D eigenvalue weighted by Gasteiger charge is 2.11. The van der Waals surface area contributed by atoms with Crippen LogP contribution in [0.25, 0.3) is 0 Å². The smallest absolute Gasteiger partial charge is 0.204 e. The second-order valence-electron chi connectivity index (χ2n) is 5.05. The van der Waals surface area contributed by atoms with Crippen LogP contribution in [0, 0.1) is 6.92 Å². The number of aryl methyl sites for hydroxylation is 1. The number of nitrogens with one attached hydrogen (secondary N) is 1. The van der Waals surface area contributed by atoms with Gasteiger partial charge in [-0.2, -0.15) is 0 Å². The van der Waals surface area contributed by atoms with Gasteiger partial charge in [0.2, 0.25) is 5.95 Å². The number of imidazole rings is 1. The van der Waals surface area contributed by atoms with E-state index in [2.05, 4.69) is 47.9 Å². The van der Waals surface area contributed by atoms with Crippen molar-refractivity contribution in [2.45, 2.75) is 26.4 Å². The van der Waals surface area contributed by atoms with Crippen molar-refractivity contribution in [3.63, 3.8) is 0 Å². The summed E-state index contributed by atoms with van der Waals surface area (Å²) in [7, 11) is 6.08. The minimum atomic E-state index is 0.372. The van der Waals surface area contributed by atoms with E-state index in [0.717, 1.165) is 12.5 Å². The Labute approximate surface area is 119 Å². The van der Waals surface area contributed by atoms with Gasteiger partial charge in [-0.05, 0) is 26.0 Å². The number of nitrogens with zero attached hydrogens (tertiary/aromatic N) is 3. The molecule has 0 aromatic carbocycles. The maximum atomic E-state index is 4.42. The lowest BCUT2D eigenvalue weighted by Gasteiger charge is -2.15. The molecule has 0 bridgehead atoms. The third-order valence-electron chi connectivity index (χ3n) is 3.24. The summed E-state index contributed by atoms with van der Waals surface area (Å²) in [5.74, 6) is 0.983. The Balaban J connectivity index is 1.99. The monoisotopic (exact) mass is 278 g/mol. The molecule has 104 valence electrons. The maximum absolute atomic E-state index is 4.42. The summed E-state index contributed by atoms with van der Waals surface area (Å²) in [5.41, 5.74) is 1.20. The third kappa shape index (κ3) is 3.16. The van der Waals surface area contributed by atoms with Crippen molar-refractivity contribution in [1.82, 2.24) is 14.9 Å². The molecular weight excluding hydrogens is 256 g/mol. The fourth-order valence-electron chi connectivity index (χ4n) is 2.06. The summed E-state index contributed by atoms with van der Waals surface area (Å²) in [5, 5.41) is 3.55. The molecule has 4 nitrogen and oxygen atoms in total. The first kappa shape index (κ1) is 14.1. The van der Waals surface area contributed by atoms with Crippen molar-refractivity contribution < 1.29 is 0 Å². The average molecular weight is 278 g/mol. The first-order chi connectivity index (χ1) is 8.99. The van der Waals surface area contributed by atoms with Gasteiger partial charge >= 0.3 is 0 Å². The molecule has 0 aliphatic heterocycles. The zero-order valence-corrected chi connectivity index (χ0v) is 13.1. The molecule has 19 heavy (non-hydrogen) atoms. The van der Waals surface area contributed by atoms with Crippen LogP contribution < -0.4 is 10.2 Å². The molecule has 2 heterocycles. The van der Waals surface area contributed by atoms with E-state index in [9.17, 15) is 0 Å². The number of thiophene rings is 1. The van der Waals surface area contributed by atoms with Crippen LogP contribution >= 0.6 is 11.3 Å². The SMILES string of the molecule is Cc1ccc(C(C)NCc2cnc(N(C)C)n2C)s1. The van der Waals surface area contributed by atoms with Crippen molar-refractivity contribution in [2.24, 2.45) is 7.05 Å². The van der Waals surface area contributed by atoms with Gasteiger partial charge in [-0.15, -0.1) is 11.3 Å². The lowest BCUT2D eigenvalue weighted by atomic mass is 10.2. The highest BCUT2D eigenvalue weighted by molar-refractivity contribution is 7.12. The lowest BCUT2D eigenvalue weighted by Crippen LogP contribution is -2.20. The van der Waals surface area contributed by atoms with Crippen LogP contribution in [-0.4, -0.2) is 23.6 Å². The molecule has 0 aliphatic carbocycles. The number of hydrogen-bond donors (Lipinski definition) is 1. The van der Waals surface area contributed by atoms with Crippen LogP contribution in [0.4, 0.5) is 5.95 Å². The third-order valence-corrected chi connectivity index (χ3v) is 4.42. The predicted molar refractivity (Wildman–Crippen MR) is 81.8 cm³/mol. The molecule has 5 heteroatoms. The van der Waals surface area contributed by atoms with Gasteiger partial charge in [0, 0.05) is 43.5 Å². The zero-order valence-electron chi connectivity index (χ0n) is 12.3. The normalized spacial score (nSPS) is 12.7. The molecule has 0 spiro atoms. The summed E-state index contributed by atoms with van der Waals surface area (Å²) in [6.07, 6.45) is 1.94. The predicted octanol–water partition coefficient (Wildman–Crippen LogP) is 2.71. The summed E-state index contributed by atoms with van der Waals surface area (Å²) >= 11 is 1.85. The van der Waals surface area contributed by atoms with Crippen molar-refractivity contribution in [1.29, 1.82) is 0 Å².